The molecule has 0 aliphatic carbocycles. The lowest BCUT2D eigenvalue weighted by Crippen LogP contribution is -2.55. The summed E-state index contributed by atoms with van der Waals surface area (Å²) < 4.78 is 1.15. The van der Waals surface area contributed by atoms with Gasteiger partial charge in [-0.2, -0.15) is 5.26 Å². The van der Waals surface area contributed by atoms with E-state index in [1.807, 2.05) is 30.5 Å². The molecule has 1 atom stereocenters. The molecule has 1 N–H and O–H groups in total. The molecule has 0 bridgehead atoms. The largest absolute Gasteiger partial charge is 0.340 e. The highest BCUT2D eigenvalue weighted by Crippen LogP contribution is 2.32. The molecular weight excluding hydrogens is 320 g/mol. The lowest BCUT2D eigenvalue weighted by molar-refractivity contribution is 0.349. The highest BCUT2D eigenvalue weighted by Gasteiger charge is 2.31. The van der Waals surface area contributed by atoms with E-state index in [2.05, 4.69) is 32.2 Å². The fraction of sp³-hybridized carbons (Fsp3) is 0.353. The average Bonchev–Trinajstić information content (AvgIpc) is 3.06. The standard InChI is InChI=1S/C17H18N6S/c18-7-5-13-6-8-20-16(22-11-9-19-10-12-22)23(13)17-21-14-3-1-2-4-15(14)24-17/h1-4,6,8,13,19H,5,9-12H2. The summed E-state index contributed by atoms with van der Waals surface area (Å²) >= 11 is 1.65. The van der Waals surface area contributed by atoms with Crippen LogP contribution < -0.4 is 10.2 Å². The summed E-state index contributed by atoms with van der Waals surface area (Å²) in [5, 5.41) is 13.5. The van der Waals surface area contributed by atoms with Crippen LogP contribution in [0, 0.1) is 11.3 Å². The van der Waals surface area contributed by atoms with E-state index in [1.165, 1.54) is 0 Å². The number of benzene rings is 1. The molecule has 2 aliphatic rings. The number of aliphatic imine (C=N–C) groups is 1. The van der Waals surface area contributed by atoms with Crippen molar-refractivity contribution >= 4 is 32.6 Å². The van der Waals surface area contributed by atoms with Crippen LogP contribution in [0.4, 0.5) is 5.13 Å². The summed E-state index contributed by atoms with van der Waals surface area (Å²) in [5.74, 6) is 0.901. The van der Waals surface area contributed by atoms with Crippen molar-refractivity contribution in [3.63, 3.8) is 0 Å². The number of fused-ring (bicyclic) bond motifs is 1. The van der Waals surface area contributed by atoms with Crippen LogP contribution in [0.3, 0.4) is 0 Å². The van der Waals surface area contributed by atoms with E-state index in [1.54, 1.807) is 11.3 Å². The third-order valence-electron chi connectivity index (χ3n) is 4.23. The van der Waals surface area contributed by atoms with Gasteiger partial charge < -0.3 is 10.2 Å². The molecule has 1 unspecified atom stereocenters. The molecule has 1 saturated heterocycles. The van der Waals surface area contributed by atoms with E-state index >= 15 is 0 Å². The maximum absolute atomic E-state index is 9.23. The van der Waals surface area contributed by atoms with Crippen molar-refractivity contribution < 1.29 is 0 Å². The molecule has 1 aromatic carbocycles. The third kappa shape index (κ3) is 2.75. The maximum atomic E-state index is 9.23. The Morgan fingerprint density at radius 1 is 1.29 bits per heavy atom. The van der Waals surface area contributed by atoms with Crippen molar-refractivity contribution in [2.45, 2.75) is 12.5 Å². The number of thiazole rings is 1. The number of nitrogens with one attached hydrogen (secondary N) is 1. The second-order valence-electron chi connectivity index (χ2n) is 5.77. The Kier molecular flexibility index (Phi) is 4.15. The van der Waals surface area contributed by atoms with Gasteiger partial charge in [-0.1, -0.05) is 23.5 Å². The number of aromatic nitrogens is 1. The Morgan fingerprint density at radius 2 is 2.12 bits per heavy atom. The minimum absolute atomic E-state index is 0.0297. The second-order valence-corrected chi connectivity index (χ2v) is 6.78. The molecule has 1 aromatic heterocycles. The summed E-state index contributed by atoms with van der Waals surface area (Å²) in [4.78, 5) is 13.8. The molecule has 3 heterocycles. The minimum Gasteiger partial charge on any atom is -0.340 e. The zero-order valence-corrected chi connectivity index (χ0v) is 14.0. The molecule has 24 heavy (non-hydrogen) atoms. The van der Waals surface area contributed by atoms with Gasteiger partial charge >= 0.3 is 0 Å². The van der Waals surface area contributed by atoms with Crippen LogP contribution in [-0.2, 0) is 0 Å². The van der Waals surface area contributed by atoms with Gasteiger partial charge in [-0.25, -0.2) is 9.98 Å². The normalized spacial score (nSPS) is 21.0. The fourth-order valence-electron chi connectivity index (χ4n) is 3.05. The predicted octanol–water partition coefficient (Wildman–Crippen LogP) is 2.17. The van der Waals surface area contributed by atoms with Crippen molar-refractivity contribution in [2.24, 2.45) is 4.99 Å². The van der Waals surface area contributed by atoms with E-state index in [0.717, 1.165) is 47.5 Å². The van der Waals surface area contributed by atoms with Gasteiger partial charge in [0.25, 0.3) is 0 Å². The molecule has 2 aromatic rings. The van der Waals surface area contributed by atoms with Gasteiger partial charge in [0.05, 0.1) is 28.7 Å². The lowest BCUT2D eigenvalue weighted by Gasteiger charge is -2.39. The molecular formula is C17H18N6S. The number of guanidine groups is 1. The van der Waals surface area contributed by atoms with Crippen LogP contribution in [0.15, 0.2) is 41.5 Å². The van der Waals surface area contributed by atoms with Crippen molar-refractivity contribution in [1.29, 1.82) is 5.26 Å². The van der Waals surface area contributed by atoms with Crippen molar-refractivity contribution in [1.82, 2.24) is 15.2 Å². The molecule has 2 aliphatic heterocycles. The molecule has 7 heteroatoms. The first-order chi connectivity index (χ1) is 11.9. The van der Waals surface area contributed by atoms with Gasteiger partial charge in [-0.05, 0) is 18.2 Å². The first-order valence-electron chi connectivity index (χ1n) is 8.09. The molecule has 0 spiro atoms. The predicted molar refractivity (Wildman–Crippen MR) is 97.1 cm³/mol. The highest BCUT2D eigenvalue weighted by molar-refractivity contribution is 7.22. The summed E-state index contributed by atoms with van der Waals surface area (Å²) in [6, 6.07) is 10.4. The number of rotatable bonds is 2. The van der Waals surface area contributed by atoms with E-state index < -0.39 is 0 Å². The third-order valence-corrected chi connectivity index (χ3v) is 5.27. The number of nitriles is 1. The molecule has 6 nitrogen and oxygen atoms in total. The summed E-state index contributed by atoms with van der Waals surface area (Å²) in [5.41, 5.74) is 0.988. The smallest absolute Gasteiger partial charge is 0.208 e. The second kappa shape index (κ2) is 6.59. The van der Waals surface area contributed by atoms with Crippen LogP contribution in [-0.4, -0.2) is 48.1 Å². The molecule has 1 fully saturated rings. The van der Waals surface area contributed by atoms with E-state index in [4.69, 9.17) is 4.98 Å². The van der Waals surface area contributed by atoms with Crippen molar-refractivity contribution in [2.75, 3.05) is 31.1 Å². The number of hydrogen-bond donors (Lipinski definition) is 1. The topological polar surface area (TPSA) is 67.6 Å². The van der Waals surface area contributed by atoms with E-state index in [9.17, 15) is 5.26 Å². The van der Waals surface area contributed by atoms with Crippen LogP contribution >= 0.6 is 11.3 Å². The summed E-state index contributed by atoms with van der Waals surface area (Å²) in [6.45, 7) is 3.71. The maximum Gasteiger partial charge on any atom is 0.208 e. The van der Waals surface area contributed by atoms with Gasteiger partial charge in [-0.15, -0.1) is 0 Å². The first-order valence-corrected chi connectivity index (χ1v) is 8.90. The summed E-state index contributed by atoms with van der Waals surface area (Å²) in [7, 11) is 0. The van der Waals surface area contributed by atoms with Gasteiger partial charge in [0.15, 0.2) is 5.13 Å². The zero-order valence-electron chi connectivity index (χ0n) is 13.2. The lowest BCUT2D eigenvalue weighted by atomic mass is 10.1. The zero-order chi connectivity index (χ0) is 16.4. The molecule has 0 amide bonds. The Balaban J connectivity index is 1.75. The monoisotopic (exact) mass is 338 g/mol. The number of hydrogen-bond acceptors (Lipinski definition) is 7. The Labute approximate surface area is 144 Å². The van der Waals surface area contributed by atoms with Gasteiger partial charge in [0.1, 0.15) is 0 Å². The van der Waals surface area contributed by atoms with Crippen molar-refractivity contribution in [3.05, 3.63) is 36.5 Å². The fourth-order valence-corrected chi connectivity index (χ4v) is 4.07. The minimum atomic E-state index is -0.0297. The molecule has 0 saturated carbocycles. The quantitative estimate of drug-likeness (QED) is 0.909. The van der Waals surface area contributed by atoms with Gasteiger partial charge in [0.2, 0.25) is 5.96 Å². The highest BCUT2D eigenvalue weighted by atomic mass is 32.1. The van der Waals surface area contributed by atoms with E-state index in [0.29, 0.717) is 6.42 Å². The van der Waals surface area contributed by atoms with Crippen LogP contribution in [0.1, 0.15) is 6.42 Å². The molecule has 122 valence electrons. The SMILES string of the molecule is N#CCC1C=CN=C(N2CCNCC2)N1c1nc2ccccc2s1. The Bertz CT molecular complexity index is 794. The number of anilines is 1. The Hall–Kier alpha value is -2.43. The molecule has 4 rings (SSSR count). The van der Waals surface area contributed by atoms with Crippen LogP contribution in [0.25, 0.3) is 10.2 Å². The number of para-hydroxylation sites is 1. The molecule has 0 radical (unpaired) electrons. The van der Waals surface area contributed by atoms with Crippen molar-refractivity contribution in [3.8, 4) is 6.07 Å². The van der Waals surface area contributed by atoms with Crippen LogP contribution in [0.2, 0.25) is 0 Å². The van der Waals surface area contributed by atoms with Gasteiger partial charge in [0, 0.05) is 32.4 Å². The number of piperazine rings is 1. The first kappa shape index (κ1) is 15.1. The average molecular weight is 338 g/mol. The summed E-state index contributed by atoms with van der Waals surface area (Å²) in [6.07, 6.45) is 4.22. The van der Waals surface area contributed by atoms with Gasteiger partial charge in [-0.3, -0.25) is 4.90 Å². The number of nitrogens with zero attached hydrogens (tertiary/aromatic N) is 5. The van der Waals surface area contributed by atoms with E-state index in [-0.39, 0.29) is 6.04 Å². The Morgan fingerprint density at radius 3 is 2.92 bits per heavy atom. The van der Waals surface area contributed by atoms with Crippen LogP contribution in [0.5, 0.6) is 0 Å².